The van der Waals surface area contributed by atoms with E-state index in [-0.39, 0.29) is 18.3 Å². The minimum absolute atomic E-state index is 0.0416. The molecule has 2 rings (SSSR count). The molecule has 1 heterocycles. The van der Waals surface area contributed by atoms with Crippen LogP contribution in [0.5, 0.6) is 5.75 Å². The van der Waals surface area contributed by atoms with Gasteiger partial charge in [0.15, 0.2) is 0 Å². The molecule has 0 aliphatic heterocycles. The summed E-state index contributed by atoms with van der Waals surface area (Å²) in [6.07, 6.45) is 4.42. The molecule has 28 heavy (non-hydrogen) atoms. The summed E-state index contributed by atoms with van der Waals surface area (Å²) in [4.78, 5) is 30.2. The Kier molecular flexibility index (Phi) is 8.75. The van der Waals surface area contributed by atoms with Crippen molar-refractivity contribution in [3.05, 3.63) is 58.9 Å². The number of ether oxygens (including phenoxy) is 2. The molecule has 0 saturated carbocycles. The topological polar surface area (TPSA) is 68.7 Å². The van der Waals surface area contributed by atoms with Gasteiger partial charge in [-0.1, -0.05) is 23.7 Å². The fourth-order valence-electron chi connectivity index (χ4n) is 2.74. The van der Waals surface area contributed by atoms with E-state index in [1.54, 1.807) is 43.5 Å². The Bertz CT molecular complexity index is 783. The highest BCUT2D eigenvalue weighted by molar-refractivity contribution is 6.32. The first-order valence-corrected chi connectivity index (χ1v) is 9.56. The maximum absolute atomic E-state index is 12.8. The van der Waals surface area contributed by atoms with E-state index in [1.807, 2.05) is 18.2 Å². The van der Waals surface area contributed by atoms with Crippen LogP contribution in [0.25, 0.3) is 0 Å². The lowest BCUT2D eigenvalue weighted by molar-refractivity contribution is -0.144. The molecule has 1 amide bonds. The molecule has 0 spiro atoms. The molecule has 0 fully saturated rings. The van der Waals surface area contributed by atoms with Crippen molar-refractivity contribution < 1.29 is 19.1 Å². The quantitative estimate of drug-likeness (QED) is 0.565. The van der Waals surface area contributed by atoms with Crippen molar-refractivity contribution in [2.24, 2.45) is 0 Å². The number of halogens is 1. The molecule has 0 aliphatic carbocycles. The Morgan fingerprint density at radius 2 is 2.00 bits per heavy atom. The number of amides is 1. The molecule has 0 atom stereocenters. The molecule has 1 aromatic carbocycles. The monoisotopic (exact) mass is 404 g/mol. The first-order chi connectivity index (χ1) is 13.5. The number of pyridine rings is 1. The molecular weight excluding hydrogens is 380 g/mol. The second-order valence-electron chi connectivity index (χ2n) is 6.20. The molecule has 7 heteroatoms. The van der Waals surface area contributed by atoms with E-state index in [4.69, 9.17) is 21.1 Å². The molecule has 0 radical (unpaired) electrons. The van der Waals surface area contributed by atoms with E-state index in [0.717, 1.165) is 11.1 Å². The van der Waals surface area contributed by atoms with Crippen LogP contribution < -0.4 is 4.74 Å². The fraction of sp³-hybridized carbons (Fsp3) is 0.381. The van der Waals surface area contributed by atoms with Gasteiger partial charge in [-0.15, -0.1) is 0 Å². The standard InChI is InChI=1S/C21H25ClN2O4/c1-3-28-21(26)10-12-24(15-17-5-4-11-23-14-17)20(25)9-7-16-6-8-19(27-2)18(22)13-16/h4-6,8,11,13-14H,3,7,9-10,12,15H2,1-2H3. The first kappa shape index (κ1) is 21.7. The largest absolute Gasteiger partial charge is 0.495 e. The Hall–Kier alpha value is -2.60. The zero-order valence-electron chi connectivity index (χ0n) is 16.2. The predicted octanol–water partition coefficient (Wildman–Crippen LogP) is 3.66. The molecule has 150 valence electrons. The van der Waals surface area contributed by atoms with E-state index >= 15 is 0 Å². The van der Waals surface area contributed by atoms with Crippen LogP contribution in [0.1, 0.15) is 30.9 Å². The van der Waals surface area contributed by atoms with Crippen molar-refractivity contribution in [3.8, 4) is 5.75 Å². The van der Waals surface area contributed by atoms with Crippen molar-refractivity contribution in [1.29, 1.82) is 0 Å². The van der Waals surface area contributed by atoms with Crippen LogP contribution in [-0.4, -0.2) is 42.0 Å². The molecular formula is C21H25ClN2O4. The normalized spacial score (nSPS) is 10.4. The molecule has 0 N–H and O–H groups in total. The highest BCUT2D eigenvalue weighted by Crippen LogP contribution is 2.25. The zero-order chi connectivity index (χ0) is 20.4. The molecule has 2 aromatic rings. The summed E-state index contributed by atoms with van der Waals surface area (Å²) in [5.74, 6) is 0.248. The van der Waals surface area contributed by atoms with Crippen LogP contribution in [0.2, 0.25) is 5.02 Å². The van der Waals surface area contributed by atoms with Gasteiger partial charge in [-0.25, -0.2) is 0 Å². The third-order valence-electron chi connectivity index (χ3n) is 4.18. The lowest BCUT2D eigenvalue weighted by atomic mass is 10.1. The number of esters is 1. The minimum atomic E-state index is -0.312. The lowest BCUT2D eigenvalue weighted by Gasteiger charge is -2.22. The predicted molar refractivity (Wildman–Crippen MR) is 107 cm³/mol. The molecule has 0 saturated heterocycles. The molecule has 0 unspecified atom stereocenters. The van der Waals surface area contributed by atoms with Gasteiger partial charge in [0.1, 0.15) is 5.75 Å². The van der Waals surface area contributed by atoms with Gasteiger partial charge in [-0.05, 0) is 42.7 Å². The summed E-state index contributed by atoms with van der Waals surface area (Å²) >= 11 is 6.15. The number of hydrogen-bond acceptors (Lipinski definition) is 5. The van der Waals surface area contributed by atoms with Gasteiger partial charge in [0.25, 0.3) is 0 Å². The van der Waals surface area contributed by atoms with Gasteiger partial charge in [-0.3, -0.25) is 14.6 Å². The second kappa shape index (κ2) is 11.3. The minimum Gasteiger partial charge on any atom is -0.495 e. The third kappa shape index (κ3) is 6.85. The van der Waals surface area contributed by atoms with Gasteiger partial charge in [0, 0.05) is 31.9 Å². The molecule has 0 aliphatic rings. The number of aromatic nitrogens is 1. The van der Waals surface area contributed by atoms with Crippen LogP contribution >= 0.6 is 11.6 Å². The Labute approximate surface area is 170 Å². The summed E-state index contributed by atoms with van der Waals surface area (Å²) < 4.78 is 10.1. The number of carbonyl (C=O) groups is 2. The highest BCUT2D eigenvalue weighted by Gasteiger charge is 2.16. The molecule has 0 bridgehead atoms. The number of benzene rings is 1. The average molecular weight is 405 g/mol. The van der Waals surface area contributed by atoms with Crippen LogP contribution in [-0.2, 0) is 27.3 Å². The number of nitrogens with zero attached hydrogens (tertiary/aromatic N) is 2. The Morgan fingerprint density at radius 3 is 2.64 bits per heavy atom. The van der Waals surface area contributed by atoms with E-state index in [2.05, 4.69) is 4.98 Å². The van der Waals surface area contributed by atoms with Gasteiger partial charge < -0.3 is 14.4 Å². The fourth-order valence-corrected chi connectivity index (χ4v) is 3.02. The second-order valence-corrected chi connectivity index (χ2v) is 6.61. The Balaban J connectivity index is 2.00. The van der Waals surface area contributed by atoms with Crippen LogP contribution in [0.4, 0.5) is 0 Å². The first-order valence-electron chi connectivity index (χ1n) is 9.18. The van der Waals surface area contributed by atoms with Crippen molar-refractivity contribution in [2.75, 3.05) is 20.3 Å². The summed E-state index contributed by atoms with van der Waals surface area (Å²) in [7, 11) is 1.56. The molecule has 1 aromatic heterocycles. The smallest absolute Gasteiger partial charge is 0.307 e. The van der Waals surface area contributed by atoms with E-state index in [9.17, 15) is 9.59 Å². The van der Waals surface area contributed by atoms with Gasteiger partial charge >= 0.3 is 5.97 Å². The SMILES string of the molecule is CCOC(=O)CCN(Cc1cccnc1)C(=O)CCc1ccc(OC)c(Cl)c1. The number of aryl methyl sites for hydroxylation is 1. The van der Waals surface area contributed by atoms with E-state index in [0.29, 0.717) is 43.3 Å². The van der Waals surface area contributed by atoms with Crippen LogP contribution in [0, 0.1) is 0 Å². The lowest BCUT2D eigenvalue weighted by Crippen LogP contribution is -2.33. The van der Waals surface area contributed by atoms with Gasteiger partial charge in [-0.2, -0.15) is 0 Å². The van der Waals surface area contributed by atoms with Crippen molar-refractivity contribution in [3.63, 3.8) is 0 Å². The van der Waals surface area contributed by atoms with Gasteiger partial charge in [0.05, 0.1) is 25.2 Å². The van der Waals surface area contributed by atoms with Crippen LogP contribution in [0.15, 0.2) is 42.7 Å². The third-order valence-corrected chi connectivity index (χ3v) is 4.48. The summed E-state index contributed by atoms with van der Waals surface area (Å²) in [5, 5.41) is 0.516. The average Bonchev–Trinajstić information content (AvgIpc) is 2.70. The zero-order valence-corrected chi connectivity index (χ0v) is 16.9. The number of methoxy groups -OCH3 is 1. The van der Waals surface area contributed by atoms with Gasteiger partial charge in [0.2, 0.25) is 5.91 Å². The highest BCUT2D eigenvalue weighted by atomic mass is 35.5. The maximum Gasteiger partial charge on any atom is 0.307 e. The number of carbonyl (C=O) groups excluding carboxylic acids is 2. The maximum atomic E-state index is 12.8. The van der Waals surface area contributed by atoms with E-state index < -0.39 is 0 Å². The van der Waals surface area contributed by atoms with Crippen molar-refractivity contribution >= 4 is 23.5 Å². The number of rotatable bonds is 10. The van der Waals surface area contributed by atoms with E-state index in [1.165, 1.54) is 0 Å². The summed E-state index contributed by atoms with van der Waals surface area (Å²) in [5.41, 5.74) is 1.86. The Morgan fingerprint density at radius 1 is 1.18 bits per heavy atom. The van der Waals surface area contributed by atoms with Crippen molar-refractivity contribution in [1.82, 2.24) is 9.88 Å². The number of hydrogen-bond donors (Lipinski definition) is 0. The summed E-state index contributed by atoms with van der Waals surface area (Å²) in [6, 6.07) is 9.21. The summed E-state index contributed by atoms with van der Waals surface area (Å²) in [6.45, 7) is 2.79. The van der Waals surface area contributed by atoms with Crippen molar-refractivity contribution in [2.45, 2.75) is 32.7 Å². The molecule has 6 nitrogen and oxygen atoms in total. The van der Waals surface area contributed by atoms with Crippen LogP contribution in [0.3, 0.4) is 0 Å².